The number of benzene rings is 1. The van der Waals surface area contributed by atoms with Crippen molar-refractivity contribution in [3.8, 4) is 11.4 Å². The maximum atomic E-state index is 11.8. The smallest absolute Gasteiger partial charge is 0.306 e. The molecule has 0 spiro atoms. The first-order valence-electron chi connectivity index (χ1n) is 7.74. The number of thiophene rings is 1. The van der Waals surface area contributed by atoms with Crippen molar-refractivity contribution in [1.29, 1.82) is 0 Å². The highest BCUT2D eigenvalue weighted by Crippen LogP contribution is 2.20. The van der Waals surface area contributed by atoms with Crippen molar-refractivity contribution in [2.45, 2.75) is 26.4 Å². The van der Waals surface area contributed by atoms with Crippen molar-refractivity contribution in [3.05, 3.63) is 58.1 Å². The summed E-state index contributed by atoms with van der Waals surface area (Å²) in [6.45, 7) is 1.85. The minimum absolute atomic E-state index is 0.0233. The summed E-state index contributed by atoms with van der Waals surface area (Å²) in [4.78, 5) is 28.5. The van der Waals surface area contributed by atoms with E-state index < -0.39 is 5.97 Å². The van der Waals surface area contributed by atoms with Crippen LogP contribution in [0.5, 0.6) is 0 Å². The lowest BCUT2D eigenvalue weighted by Gasteiger charge is -2.01. The van der Waals surface area contributed by atoms with Crippen molar-refractivity contribution in [2.24, 2.45) is 0 Å². The molecule has 6 nitrogen and oxygen atoms in total. The van der Waals surface area contributed by atoms with Crippen molar-refractivity contribution in [3.63, 3.8) is 0 Å². The minimum atomic E-state index is -0.472. The second-order valence-corrected chi connectivity index (χ2v) is 6.34. The van der Waals surface area contributed by atoms with Gasteiger partial charge in [0.1, 0.15) is 0 Å². The molecular formula is C18H16N2O4S. The lowest BCUT2D eigenvalue weighted by atomic mass is 10.1. The SMILES string of the molecule is Cc1ccccc1-c1noc(COC(=O)CCC(=O)c2cccs2)n1. The average Bonchev–Trinajstić information content (AvgIpc) is 3.30. The van der Waals surface area contributed by atoms with E-state index in [1.807, 2.05) is 36.6 Å². The second kappa shape index (κ2) is 7.85. The molecule has 1 aromatic carbocycles. The molecule has 0 aliphatic carbocycles. The van der Waals surface area contributed by atoms with Gasteiger partial charge in [0.15, 0.2) is 12.4 Å². The van der Waals surface area contributed by atoms with Crippen LogP contribution in [-0.4, -0.2) is 21.9 Å². The van der Waals surface area contributed by atoms with E-state index in [0.717, 1.165) is 11.1 Å². The summed E-state index contributed by atoms with van der Waals surface area (Å²) in [6.07, 6.45) is 0.146. The Morgan fingerprint density at radius 2 is 2.00 bits per heavy atom. The fourth-order valence-electron chi connectivity index (χ4n) is 2.24. The molecule has 0 radical (unpaired) electrons. The summed E-state index contributed by atoms with van der Waals surface area (Å²) >= 11 is 1.36. The standard InChI is InChI=1S/C18H16N2O4S/c1-12-5-2-3-6-13(12)18-19-16(24-20-18)11-23-17(22)9-8-14(21)15-7-4-10-25-15/h2-7,10H,8-9,11H2,1H3. The molecule has 0 N–H and O–H groups in total. The minimum Gasteiger partial charge on any atom is -0.456 e. The van der Waals surface area contributed by atoms with Crippen molar-refractivity contribution in [2.75, 3.05) is 0 Å². The number of rotatable bonds is 7. The van der Waals surface area contributed by atoms with Gasteiger partial charge in [-0.15, -0.1) is 11.3 Å². The van der Waals surface area contributed by atoms with E-state index in [9.17, 15) is 9.59 Å². The Balaban J connectivity index is 1.50. The molecule has 0 unspecified atom stereocenters. The molecule has 128 valence electrons. The van der Waals surface area contributed by atoms with Crippen LogP contribution in [0.3, 0.4) is 0 Å². The molecule has 0 saturated carbocycles. The quantitative estimate of drug-likeness (QED) is 0.473. The van der Waals surface area contributed by atoms with E-state index >= 15 is 0 Å². The topological polar surface area (TPSA) is 82.3 Å². The molecule has 2 heterocycles. The molecule has 3 aromatic rings. The number of ketones is 1. The van der Waals surface area contributed by atoms with E-state index in [1.165, 1.54) is 11.3 Å². The lowest BCUT2D eigenvalue weighted by molar-refractivity contribution is -0.145. The zero-order chi connectivity index (χ0) is 17.6. The zero-order valence-electron chi connectivity index (χ0n) is 13.6. The predicted octanol–water partition coefficient (Wildman–Crippen LogP) is 3.81. The molecule has 0 amide bonds. The van der Waals surface area contributed by atoms with Gasteiger partial charge in [-0.2, -0.15) is 4.98 Å². The van der Waals surface area contributed by atoms with Gasteiger partial charge >= 0.3 is 5.97 Å². The number of carbonyl (C=O) groups is 2. The Bertz CT molecular complexity index is 871. The number of esters is 1. The Labute approximate surface area is 148 Å². The molecule has 0 bridgehead atoms. The molecule has 25 heavy (non-hydrogen) atoms. The van der Waals surface area contributed by atoms with Gasteiger partial charge in [-0.05, 0) is 23.9 Å². The van der Waals surface area contributed by atoms with Gasteiger partial charge in [0.2, 0.25) is 5.82 Å². The molecule has 0 aliphatic rings. The number of ether oxygens (including phenoxy) is 1. The van der Waals surface area contributed by atoms with Crippen molar-refractivity contribution in [1.82, 2.24) is 10.1 Å². The summed E-state index contributed by atoms with van der Waals surface area (Å²) < 4.78 is 10.2. The number of aryl methyl sites for hydroxylation is 1. The van der Waals surface area contributed by atoms with E-state index in [-0.39, 0.29) is 31.1 Å². The molecule has 0 atom stereocenters. The average molecular weight is 356 g/mol. The van der Waals surface area contributed by atoms with Crippen LogP contribution in [0.15, 0.2) is 46.3 Å². The summed E-state index contributed by atoms with van der Waals surface area (Å²) in [7, 11) is 0. The predicted molar refractivity (Wildman–Crippen MR) is 92.2 cm³/mol. The third-order valence-corrected chi connectivity index (χ3v) is 4.47. The molecule has 3 rings (SSSR count). The molecule has 2 aromatic heterocycles. The molecule has 7 heteroatoms. The number of hydrogen-bond donors (Lipinski definition) is 0. The fourth-order valence-corrected chi connectivity index (χ4v) is 2.93. The van der Waals surface area contributed by atoms with Crippen LogP contribution in [0.4, 0.5) is 0 Å². The first-order valence-corrected chi connectivity index (χ1v) is 8.62. The van der Waals surface area contributed by atoms with Crippen LogP contribution < -0.4 is 0 Å². The van der Waals surface area contributed by atoms with Crippen LogP contribution in [0.1, 0.15) is 34.0 Å². The zero-order valence-corrected chi connectivity index (χ0v) is 14.4. The van der Waals surface area contributed by atoms with Crippen molar-refractivity contribution < 1.29 is 18.8 Å². The molecular weight excluding hydrogens is 340 g/mol. The van der Waals surface area contributed by atoms with Gasteiger partial charge in [0, 0.05) is 12.0 Å². The fraction of sp³-hybridized carbons (Fsp3) is 0.222. The van der Waals surface area contributed by atoms with Gasteiger partial charge in [-0.1, -0.05) is 35.5 Å². The summed E-state index contributed by atoms with van der Waals surface area (Å²) in [6, 6.07) is 11.2. The normalized spacial score (nSPS) is 10.6. The highest BCUT2D eigenvalue weighted by molar-refractivity contribution is 7.12. The van der Waals surface area contributed by atoms with Gasteiger partial charge in [0.05, 0.1) is 11.3 Å². The first-order chi connectivity index (χ1) is 12.1. The number of hydrogen-bond acceptors (Lipinski definition) is 7. The lowest BCUT2D eigenvalue weighted by Crippen LogP contribution is -2.07. The van der Waals surface area contributed by atoms with Crippen LogP contribution in [0.25, 0.3) is 11.4 Å². The van der Waals surface area contributed by atoms with Crippen LogP contribution in [0, 0.1) is 6.92 Å². The first kappa shape index (κ1) is 17.0. The highest BCUT2D eigenvalue weighted by atomic mass is 32.1. The molecule has 0 aliphatic heterocycles. The van der Waals surface area contributed by atoms with E-state index in [2.05, 4.69) is 10.1 Å². The number of nitrogens with zero attached hydrogens (tertiary/aromatic N) is 2. The Morgan fingerprint density at radius 3 is 2.76 bits per heavy atom. The van der Waals surface area contributed by atoms with Gasteiger partial charge in [0.25, 0.3) is 5.89 Å². The third kappa shape index (κ3) is 4.39. The summed E-state index contributed by atoms with van der Waals surface area (Å²) in [5.41, 5.74) is 1.89. The molecule has 0 fully saturated rings. The van der Waals surface area contributed by atoms with E-state index in [1.54, 1.807) is 12.1 Å². The van der Waals surface area contributed by atoms with E-state index in [0.29, 0.717) is 10.7 Å². The van der Waals surface area contributed by atoms with Gasteiger partial charge < -0.3 is 9.26 Å². The largest absolute Gasteiger partial charge is 0.456 e. The Kier molecular flexibility index (Phi) is 5.35. The molecule has 0 saturated heterocycles. The number of aromatic nitrogens is 2. The van der Waals surface area contributed by atoms with Gasteiger partial charge in [-0.3, -0.25) is 9.59 Å². The van der Waals surface area contributed by atoms with Crippen LogP contribution in [-0.2, 0) is 16.1 Å². The Hall–Kier alpha value is -2.80. The van der Waals surface area contributed by atoms with Crippen molar-refractivity contribution >= 4 is 23.1 Å². The summed E-state index contributed by atoms with van der Waals surface area (Å²) in [5.74, 6) is 0.139. The summed E-state index contributed by atoms with van der Waals surface area (Å²) in [5, 5.41) is 5.73. The second-order valence-electron chi connectivity index (χ2n) is 5.39. The maximum Gasteiger partial charge on any atom is 0.306 e. The Morgan fingerprint density at radius 1 is 1.16 bits per heavy atom. The highest BCUT2D eigenvalue weighted by Gasteiger charge is 2.14. The van der Waals surface area contributed by atoms with Crippen LogP contribution >= 0.6 is 11.3 Å². The van der Waals surface area contributed by atoms with E-state index in [4.69, 9.17) is 9.26 Å². The number of carbonyl (C=O) groups excluding carboxylic acids is 2. The third-order valence-electron chi connectivity index (χ3n) is 3.56. The van der Waals surface area contributed by atoms with Gasteiger partial charge in [-0.25, -0.2) is 0 Å². The monoisotopic (exact) mass is 356 g/mol. The number of Topliss-reactive ketones (excluding diaryl/α,β-unsaturated/α-hetero) is 1. The van der Waals surface area contributed by atoms with Crippen LogP contribution in [0.2, 0.25) is 0 Å². The maximum absolute atomic E-state index is 11.8.